The van der Waals surface area contributed by atoms with E-state index in [1.54, 1.807) is 0 Å². The van der Waals surface area contributed by atoms with E-state index in [4.69, 9.17) is 22.3 Å². The van der Waals surface area contributed by atoms with Crippen molar-refractivity contribution in [3.8, 4) is 11.4 Å². The van der Waals surface area contributed by atoms with Crippen LogP contribution in [0.25, 0.3) is 21.6 Å². The van der Waals surface area contributed by atoms with E-state index in [-0.39, 0.29) is 0 Å². The van der Waals surface area contributed by atoms with Crippen molar-refractivity contribution >= 4 is 33.8 Å². The maximum atomic E-state index is 5.69. The molecule has 1 N–H and O–H groups in total. The summed E-state index contributed by atoms with van der Waals surface area (Å²) in [6.07, 6.45) is 2.42. The summed E-state index contributed by atoms with van der Waals surface area (Å²) in [6.45, 7) is 3.04. The third-order valence-corrected chi connectivity index (χ3v) is 7.41. The van der Waals surface area contributed by atoms with E-state index in [9.17, 15) is 0 Å². The molecule has 1 fully saturated rings. The van der Waals surface area contributed by atoms with Gasteiger partial charge in [-0.2, -0.15) is 4.68 Å². The zero-order valence-corrected chi connectivity index (χ0v) is 18.0. The molecule has 1 saturated heterocycles. The molecule has 5 nitrogen and oxygen atoms in total. The molecule has 0 saturated carbocycles. The number of para-hydroxylation sites is 1. The van der Waals surface area contributed by atoms with Crippen LogP contribution in [0.3, 0.4) is 0 Å². The molecule has 0 spiro atoms. The molecule has 2 aromatic carbocycles. The lowest BCUT2D eigenvalue weighted by Crippen LogP contribution is -3.12. The number of fused-ring (bicyclic) bond motifs is 1. The van der Waals surface area contributed by atoms with Gasteiger partial charge in [-0.1, -0.05) is 42.5 Å². The minimum atomic E-state index is 0.516. The van der Waals surface area contributed by atoms with Crippen molar-refractivity contribution in [2.45, 2.75) is 25.4 Å². The van der Waals surface area contributed by atoms with Gasteiger partial charge in [0, 0.05) is 12.6 Å². The molecule has 1 unspecified atom stereocenters. The molecule has 148 valence electrons. The maximum Gasteiger partial charge on any atom is 0.202 e. The molecule has 2 aromatic heterocycles. The zero-order chi connectivity index (χ0) is 19.8. The predicted molar refractivity (Wildman–Crippen MR) is 120 cm³/mol. The smallest absolute Gasteiger partial charge is 0.202 e. The fourth-order valence-corrected chi connectivity index (χ4v) is 5.51. The van der Waals surface area contributed by atoms with Crippen LogP contribution in [0.15, 0.2) is 54.6 Å². The van der Waals surface area contributed by atoms with Crippen LogP contribution in [0.4, 0.5) is 0 Å². The van der Waals surface area contributed by atoms with Gasteiger partial charge in [-0.05, 0) is 37.2 Å². The highest BCUT2D eigenvalue weighted by molar-refractivity contribution is 7.71. The van der Waals surface area contributed by atoms with E-state index in [1.807, 2.05) is 45.8 Å². The van der Waals surface area contributed by atoms with E-state index in [0.29, 0.717) is 5.92 Å². The lowest BCUT2D eigenvalue weighted by atomic mass is 9.99. The van der Waals surface area contributed by atoms with Crippen LogP contribution < -0.4 is 4.90 Å². The first-order chi connectivity index (χ1) is 14.2. The van der Waals surface area contributed by atoms with Gasteiger partial charge >= 0.3 is 0 Å². The third-order valence-electron chi connectivity index (χ3n) is 5.72. The number of hydrogen-bond donors (Lipinski definition) is 1. The Kier molecular flexibility index (Phi) is 5.03. The molecular weight excluding hydrogens is 398 g/mol. The van der Waals surface area contributed by atoms with Crippen molar-refractivity contribution in [3.05, 3.63) is 64.4 Å². The molecule has 5 rings (SSSR count). The summed E-state index contributed by atoms with van der Waals surface area (Å²) in [5.41, 5.74) is 2.22. The van der Waals surface area contributed by atoms with Gasteiger partial charge in [0.25, 0.3) is 0 Å². The lowest BCUT2D eigenvalue weighted by Gasteiger charge is -2.28. The Balaban J connectivity index is 1.36. The van der Waals surface area contributed by atoms with E-state index in [1.165, 1.54) is 27.4 Å². The molecule has 0 bridgehead atoms. The topological polar surface area (TPSA) is 40.1 Å². The van der Waals surface area contributed by atoms with Crippen LogP contribution in [-0.2, 0) is 13.7 Å². The molecule has 0 aliphatic carbocycles. The molecule has 0 radical (unpaired) electrons. The Morgan fingerprint density at radius 2 is 1.93 bits per heavy atom. The average Bonchev–Trinajstić information content (AvgIpc) is 3.31. The quantitative estimate of drug-likeness (QED) is 0.511. The highest BCUT2D eigenvalue weighted by atomic mass is 32.1. The number of aromatic nitrogens is 4. The standard InChI is InChI=1S/C22H23N5S2/c1-25-20(16-8-3-2-4-9-16)24-27(22(25)28)15-26-13-7-10-17(14-26)21-23-18-11-5-6-12-19(18)29-21/h2-6,8-9,11-12,17H,7,10,13-15H2,1H3/p+1/t17-/m1/s1. The molecule has 4 aromatic rings. The summed E-state index contributed by atoms with van der Waals surface area (Å²) in [5, 5.41) is 6.12. The van der Waals surface area contributed by atoms with Crippen LogP contribution >= 0.6 is 23.6 Å². The summed E-state index contributed by atoms with van der Waals surface area (Å²) in [4.78, 5) is 6.43. The van der Waals surface area contributed by atoms with Gasteiger partial charge in [0.05, 0.1) is 29.2 Å². The van der Waals surface area contributed by atoms with Gasteiger partial charge in [0.1, 0.15) is 5.01 Å². The van der Waals surface area contributed by atoms with Crippen molar-refractivity contribution in [3.63, 3.8) is 0 Å². The van der Waals surface area contributed by atoms with Crippen LogP contribution in [0.5, 0.6) is 0 Å². The summed E-state index contributed by atoms with van der Waals surface area (Å²) < 4.78 is 6.07. The van der Waals surface area contributed by atoms with Crippen LogP contribution in [-0.4, -0.2) is 32.4 Å². The van der Waals surface area contributed by atoms with E-state index in [2.05, 4.69) is 36.4 Å². The van der Waals surface area contributed by atoms with Crippen molar-refractivity contribution < 1.29 is 4.90 Å². The second kappa shape index (κ2) is 7.82. The molecular formula is C22H24N5S2+. The molecule has 1 aliphatic heterocycles. The van der Waals surface area contributed by atoms with Crippen molar-refractivity contribution in [1.29, 1.82) is 0 Å². The zero-order valence-electron chi connectivity index (χ0n) is 16.4. The Bertz CT molecular complexity index is 1160. The number of benzene rings is 2. The number of thiazole rings is 1. The number of nitrogens with zero attached hydrogens (tertiary/aromatic N) is 4. The van der Waals surface area contributed by atoms with Gasteiger partial charge in [0.2, 0.25) is 4.77 Å². The van der Waals surface area contributed by atoms with Gasteiger partial charge in [-0.3, -0.25) is 0 Å². The van der Waals surface area contributed by atoms with Crippen LogP contribution in [0.1, 0.15) is 23.8 Å². The fraction of sp³-hybridized carbons (Fsp3) is 0.318. The first-order valence-electron chi connectivity index (χ1n) is 10.1. The summed E-state index contributed by atoms with van der Waals surface area (Å²) in [7, 11) is 2.00. The fourth-order valence-electron chi connectivity index (χ4n) is 4.21. The van der Waals surface area contributed by atoms with E-state index >= 15 is 0 Å². The lowest BCUT2D eigenvalue weighted by molar-refractivity contribution is -0.929. The monoisotopic (exact) mass is 422 g/mol. The Labute approximate surface area is 179 Å². The molecule has 0 amide bonds. The second-order valence-electron chi connectivity index (χ2n) is 7.75. The Morgan fingerprint density at radius 3 is 2.76 bits per heavy atom. The Morgan fingerprint density at radius 1 is 1.14 bits per heavy atom. The number of rotatable bonds is 4. The normalized spacial score (nSPS) is 19.6. The summed E-state index contributed by atoms with van der Waals surface area (Å²) in [6, 6.07) is 18.7. The molecule has 2 atom stereocenters. The largest absolute Gasteiger partial charge is 0.316 e. The van der Waals surface area contributed by atoms with Crippen molar-refractivity contribution in [2.75, 3.05) is 13.1 Å². The third kappa shape index (κ3) is 3.66. The minimum Gasteiger partial charge on any atom is -0.316 e. The highest BCUT2D eigenvalue weighted by Gasteiger charge is 2.27. The highest BCUT2D eigenvalue weighted by Crippen LogP contribution is 2.30. The second-order valence-corrected chi connectivity index (χ2v) is 9.18. The number of likely N-dealkylation sites (tertiary alicyclic amines) is 1. The maximum absolute atomic E-state index is 5.69. The van der Waals surface area contributed by atoms with Gasteiger partial charge in [-0.15, -0.1) is 16.4 Å². The molecule has 7 heteroatoms. The predicted octanol–water partition coefficient (Wildman–Crippen LogP) is 3.65. The molecule has 3 heterocycles. The van der Waals surface area contributed by atoms with Gasteiger partial charge in [0.15, 0.2) is 12.5 Å². The average molecular weight is 423 g/mol. The first-order valence-corrected chi connectivity index (χ1v) is 11.3. The van der Waals surface area contributed by atoms with Gasteiger partial charge < -0.3 is 9.47 Å². The number of piperidine rings is 1. The molecule has 1 aliphatic rings. The van der Waals surface area contributed by atoms with E-state index < -0.39 is 0 Å². The minimum absolute atomic E-state index is 0.516. The summed E-state index contributed by atoms with van der Waals surface area (Å²) in [5.74, 6) is 1.44. The van der Waals surface area contributed by atoms with Crippen LogP contribution in [0, 0.1) is 4.77 Å². The van der Waals surface area contributed by atoms with Crippen molar-refractivity contribution in [2.24, 2.45) is 7.05 Å². The molecule has 29 heavy (non-hydrogen) atoms. The number of nitrogens with one attached hydrogen (secondary N) is 1. The SMILES string of the molecule is Cn1c(-c2ccccc2)nn(C[NH+]2CCC[C@@H](c3nc4ccccc4s3)C2)c1=S. The van der Waals surface area contributed by atoms with E-state index in [0.717, 1.165) is 41.4 Å². The first kappa shape index (κ1) is 18.7. The van der Waals surface area contributed by atoms with Gasteiger partial charge in [-0.25, -0.2) is 4.98 Å². The Hall–Kier alpha value is -2.35. The summed E-state index contributed by atoms with van der Waals surface area (Å²) >= 11 is 7.54. The number of hydrogen-bond acceptors (Lipinski definition) is 4. The van der Waals surface area contributed by atoms with Crippen LogP contribution in [0.2, 0.25) is 0 Å². The van der Waals surface area contributed by atoms with Crippen molar-refractivity contribution in [1.82, 2.24) is 19.3 Å². The number of quaternary nitrogens is 1.